The van der Waals surface area contributed by atoms with E-state index in [0.717, 1.165) is 39.5 Å². The number of ether oxygens (including phenoxy) is 2. The van der Waals surface area contributed by atoms with Gasteiger partial charge < -0.3 is 19.3 Å². The smallest absolute Gasteiger partial charge is 0.412 e. The van der Waals surface area contributed by atoms with Gasteiger partial charge in [0.25, 0.3) is 5.91 Å². The first-order chi connectivity index (χ1) is 19.9. The standard InChI is InChI=1S/C28H26ClF3N4O5S/c1-16(28(30,31)32)34-14-36(23-17-8-6-9-20(29)19(17)13-42-22-10-5-4-7-18(22)23)35-12-11-21(37)25(24(35)26(34)38)40-15-41-27(39)33(2)3/h4-12,16,23H,13-15H2,1-3H3/t16-,23+/m1/s1. The molecule has 0 saturated heterocycles. The van der Waals surface area contributed by atoms with Gasteiger partial charge in [0.05, 0.1) is 6.04 Å². The Balaban J connectivity index is 1.72. The lowest BCUT2D eigenvalue weighted by molar-refractivity contribution is -0.173. The van der Waals surface area contributed by atoms with Crippen LogP contribution in [0.15, 0.2) is 64.4 Å². The molecule has 9 nitrogen and oxygen atoms in total. The van der Waals surface area contributed by atoms with Gasteiger partial charge in [0.1, 0.15) is 12.7 Å². The third kappa shape index (κ3) is 5.38. The molecule has 2 aliphatic heterocycles. The van der Waals surface area contributed by atoms with E-state index in [1.165, 1.54) is 25.0 Å². The Labute approximate surface area is 248 Å². The Bertz CT molecular complexity index is 1600. The van der Waals surface area contributed by atoms with E-state index in [9.17, 15) is 27.6 Å². The molecule has 5 rings (SSSR count). The van der Waals surface area contributed by atoms with Gasteiger partial charge in [-0.15, -0.1) is 11.8 Å². The van der Waals surface area contributed by atoms with E-state index in [2.05, 4.69) is 0 Å². The van der Waals surface area contributed by atoms with Crippen LogP contribution in [0.4, 0.5) is 18.0 Å². The van der Waals surface area contributed by atoms with E-state index in [4.69, 9.17) is 21.1 Å². The van der Waals surface area contributed by atoms with Crippen LogP contribution in [0.3, 0.4) is 0 Å². The monoisotopic (exact) mass is 622 g/mol. The lowest BCUT2D eigenvalue weighted by atomic mass is 9.94. The fourth-order valence-electron chi connectivity index (χ4n) is 4.89. The van der Waals surface area contributed by atoms with E-state index < -0.39 is 60.6 Å². The second-order valence-corrected chi connectivity index (χ2v) is 11.3. The van der Waals surface area contributed by atoms with Crippen molar-refractivity contribution in [2.24, 2.45) is 0 Å². The number of halogens is 4. The molecule has 1 aromatic heterocycles. The van der Waals surface area contributed by atoms with Crippen molar-refractivity contribution in [1.29, 1.82) is 0 Å². The number of aromatic nitrogens is 1. The average Bonchev–Trinajstić information content (AvgIpc) is 3.11. The van der Waals surface area contributed by atoms with Gasteiger partial charge in [-0.1, -0.05) is 41.9 Å². The number of amides is 2. The zero-order valence-electron chi connectivity index (χ0n) is 22.7. The highest BCUT2D eigenvalue weighted by Crippen LogP contribution is 2.45. The number of carbonyl (C=O) groups excluding carboxylic acids is 2. The van der Waals surface area contributed by atoms with Crippen molar-refractivity contribution in [2.75, 3.05) is 32.6 Å². The van der Waals surface area contributed by atoms with Crippen molar-refractivity contribution in [2.45, 2.75) is 35.8 Å². The third-order valence-corrected chi connectivity index (χ3v) is 8.57. The molecule has 0 N–H and O–H groups in total. The van der Waals surface area contributed by atoms with Crippen molar-refractivity contribution in [1.82, 2.24) is 14.5 Å². The predicted molar refractivity (Wildman–Crippen MR) is 150 cm³/mol. The van der Waals surface area contributed by atoms with Crippen LogP contribution in [-0.2, 0) is 10.5 Å². The molecule has 0 radical (unpaired) electrons. The number of hydrogen-bond acceptors (Lipinski definition) is 7. The second kappa shape index (κ2) is 11.4. The molecule has 222 valence electrons. The minimum atomic E-state index is -4.76. The molecule has 14 heteroatoms. The minimum absolute atomic E-state index is 0.427. The van der Waals surface area contributed by atoms with Crippen LogP contribution in [0.25, 0.3) is 0 Å². The quantitative estimate of drug-likeness (QED) is 0.360. The fraction of sp³-hybridized carbons (Fsp3) is 0.321. The van der Waals surface area contributed by atoms with Gasteiger partial charge in [0, 0.05) is 42.0 Å². The summed E-state index contributed by atoms with van der Waals surface area (Å²) in [5, 5.41) is 2.08. The van der Waals surface area contributed by atoms with E-state index in [0.29, 0.717) is 15.7 Å². The van der Waals surface area contributed by atoms with Gasteiger partial charge in [-0.2, -0.15) is 13.2 Å². The van der Waals surface area contributed by atoms with E-state index >= 15 is 0 Å². The Hall–Kier alpha value is -3.84. The number of benzene rings is 2. The number of alkyl halides is 3. The van der Waals surface area contributed by atoms with Crippen LogP contribution in [-0.4, -0.2) is 66.3 Å². The Kier molecular flexibility index (Phi) is 8.08. The van der Waals surface area contributed by atoms with Crippen LogP contribution in [0.5, 0.6) is 5.75 Å². The van der Waals surface area contributed by atoms with Crippen molar-refractivity contribution in [3.05, 3.63) is 92.4 Å². The number of pyridine rings is 1. The van der Waals surface area contributed by atoms with Crippen LogP contribution >= 0.6 is 23.4 Å². The topological polar surface area (TPSA) is 84.3 Å². The first-order valence-corrected chi connectivity index (χ1v) is 14.1. The summed E-state index contributed by atoms with van der Waals surface area (Å²) in [6.45, 7) is -0.333. The van der Waals surface area contributed by atoms with E-state index in [-0.39, 0.29) is 0 Å². The molecule has 0 saturated carbocycles. The molecule has 3 aromatic rings. The normalized spacial score (nSPS) is 17.0. The second-order valence-electron chi connectivity index (χ2n) is 9.88. The molecular formula is C28H26ClF3N4O5S. The number of nitrogens with zero attached hydrogens (tertiary/aromatic N) is 4. The Morgan fingerprint density at radius 3 is 2.55 bits per heavy atom. The average molecular weight is 623 g/mol. The summed E-state index contributed by atoms with van der Waals surface area (Å²) in [6, 6.07) is 11.1. The molecule has 2 aromatic carbocycles. The molecule has 0 bridgehead atoms. The number of hydrogen-bond donors (Lipinski definition) is 0. The molecule has 0 unspecified atom stereocenters. The van der Waals surface area contributed by atoms with E-state index in [1.807, 2.05) is 30.3 Å². The van der Waals surface area contributed by atoms with Gasteiger partial charge in [0.2, 0.25) is 18.0 Å². The maximum atomic E-state index is 14.1. The van der Waals surface area contributed by atoms with E-state index in [1.54, 1.807) is 28.9 Å². The molecule has 0 spiro atoms. The fourth-order valence-corrected chi connectivity index (χ4v) is 6.36. The molecule has 2 aliphatic rings. The first kappa shape index (κ1) is 29.6. The summed E-state index contributed by atoms with van der Waals surface area (Å²) < 4.78 is 54.1. The highest BCUT2D eigenvalue weighted by molar-refractivity contribution is 7.98. The summed E-state index contributed by atoms with van der Waals surface area (Å²) >= 11 is 8.16. The first-order valence-electron chi connectivity index (χ1n) is 12.8. The maximum Gasteiger partial charge on any atom is 0.412 e. The van der Waals surface area contributed by atoms with Crippen molar-refractivity contribution < 1.29 is 32.2 Å². The number of rotatable bonds is 5. The lowest BCUT2D eigenvalue weighted by Crippen LogP contribution is -2.60. The Morgan fingerprint density at radius 1 is 1.12 bits per heavy atom. The summed E-state index contributed by atoms with van der Waals surface area (Å²) in [5.74, 6) is -1.09. The van der Waals surface area contributed by atoms with Gasteiger partial charge in [-0.3, -0.25) is 19.3 Å². The molecule has 0 aliphatic carbocycles. The summed E-state index contributed by atoms with van der Waals surface area (Å²) in [7, 11) is 2.87. The van der Waals surface area contributed by atoms with Crippen LogP contribution < -0.4 is 15.2 Å². The molecular weight excluding hydrogens is 597 g/mol. The Morgan fingerprint density at radius 2 is 1.83 bits per heavy atom. The zero-order chi connectivity index (χ0) is 30.3. The molecule has 0 fully saturated rings. The SMILES string of the molecule is C[C@@H](N1CN([C@@H]2c3ccccc3SCc3c(Cl)cccc32)n2ccc(=O)c(OCOC(=O)N(C)C)c2C1=O)C(F)(F)F. The number of fused-ring (bicyclic) bond motifs is 3. The number of thioether (sulfide) groups is 1. The number of carbonyl (C=O) groups is 2. The molecule has 2 amide bonds. The van der Waals surface area contributed by atoms with Crippen molar-refractivity contribution in [3.63, 3.8) is 0 Å². The zero-order valence-corrected chi connectivity index (χ0v) is 24.3. The van der Waals surface area contributed by atoms with Crippen molar-refractivity contribution >= 4 is 35.4 Å². The summed E-state index contributed by atoms with van der Waals surface area (Å²) in [4.78, 5) is 41.3. The van der Waals surface area contributed by atoms with Crippen LogP contribution in [0.2, 0.25) is 5.02 Å². The highest BCUT2D eigenvalue weighted by atomic mass is 35.5. The van der Waals surface area contributed by atoms with Crippen LogP contribution in [0.1, 0.15) is 40.1 Å². The van der Waals surface area contributed by atoms with Gasteiger partial charge in [-0.05, 0) is 35.7 Å². The van der Waals surface area contributed by atoms with Gasteiger partial charge in [-0.25, -0.2) is 4.79 Å². The molecule has 42 heavy (non-hydrogen) atoms. The highest BCUT2D eigenvalue weighted by Gasteiger charge is 2.48. The van der Waals surface area contributed by atoms with Crippen LogP contribution in [0, 0.1) is 0 Å². The lowest BCUT2D eigenvalue weighted by Gasteiger charge is -2.46. The summed E-state index contributed by atoms with van der Waals surface area (Å²) in [6.07, 6.45) is -4.21. The minimum Gasteiger partial charge on any atom is -0.451 e. The maximum absolute atomic E-state index is 14.1. The predicted octanol–water partition coefficient (Wildman–Crippen LogP) is 5.23. The van der Waals surface area contributed by atoms with Gasteiger partial charge >= 0.3 is 12.3 Å². The van der Waals surface area contributed by atoms with Gasteiger partial charge in [0.15, 0.2) is 5.69 Å². The third-order valence-electron chi connectivity index (χ3n) is 7.10. The largest absolute Gasteiger partial charge is 0.451 e. The molecule has 3 heterocycles. The molecule has 2 atom stereocenters. The summed E-state index contributed by atoms with van der Waals surface area (Å²) in [5.41, 5.74) is 1.12. The van der Waals surface area contributed by atoms with Crippen molar-refractivity contribution in [3.8, 4) is 5.75 Å².